The Morgan fingerprint density at radius 3 is 3.00 bits per heavy atom. The summed E-state index contributed by atoms with van der Waals surface area (Å²) in [5.74, 6) is -0.809. The van der Waals surface area contributed by atoms with Gasteiger partial charge in [-0.15, -0.1) is 0 Å². The van der Waals surface area contributed by atoms with Crippen LogP contribution in [0.15, 0.2) is 5.11 Å². The summed E-state index contributed by atoms with van der Waals surface area (Å²) in [6, 6.07) is -0.585. The summed E-state index contributed by atoms with van der Waals surface area (Å²) in [4.78, 5) is 24.0. The van der Waals surface area contributed by atoms with Crippen molar-refractivity contribution in [2.75, 3.05) is 13.1 Å². The van der Waals surface area contributed by atoms with E-state index in [4.69, 9.17) is 5.53 Å². The summed E-state index contributed by atoms with van der Waals surface area (Å²) in [6.07, 6.45) is 0. The molecular formula is C5H7N5O2. The molecular weight excluding hydrogens is 162 g/mol. The molecule has 0 bridgehead atoms. The van der Waals surface area contributed by atoms with Crippen LogP contribution in [-0.2, 0) is 9.59 Å². The summed E-state index contributed by atoms with van der Waals surface area (Å²) < 4.78 is 0. The van der Waals surface area contributed by atoms with Crippen molar-refractivity contribution in [3.63, 3.8) is 0 Å². The van der Waals surface area contributed by atoms with Crippen molar-refractivity contribution in [2.24, 2.45) is 5.11 Å². The van der Waals surface area contributed by atoms with E-state index in [9.17, 15) is 9.59 Å². The SMILES string of the molecule is [N-]=[N+]=NCC1NCC(=O)NC1=O. The Morgan fingerprint density at radius 2 is 2.42 bits per heavy atom. The van der Waals surface area contributed by atoms with E-state index in [1.807, 2.05) is 0 Å². The number of carbonyl (C=O) groups excluding carboxylic acids is 2. The number of nitrogens with one attached hydrogen (secondary N) is 2. The Bertz CT molecular complexity index is 257. The van der Waals surface area contributed by atoms with Crippen molar-refractivity contribution in [2.45, 2.75) is 6.04 Å². The Morgan fingerprint density at radius 1 is 1.67 bits per heavy atom. The number of carbonyl (C=O) groups is 2. The minimum Gasteiger partial charge on any atom is -0.297 e. The molecule has 2 amide bonds. The lowest BCUT2D eigenvalue weighted by Crippen LogP contribution is -2.57. The van der Waals surface area contributed by atoms with E-state index in [0.29, 0.717) is 0 Å². The number of hydrogen-bond donors (Lipinski definition) is 2. The van der Waals surface area contributed by atoms with Crippen LogP contribution < -0.4 is 10.6 Å². The van der Waals surface area contributed by atoms with Crippen molar-refractivity contribution < 1.29 is 9.59 Å². The Hall–Kier alpha value is -1.59. The third-order valence-electron chi connectivity index (χ3n) is 1.42. The normalized spacial score (nSPS) is 22.8. The molecule has 64 valence electrons. The highest BCUT2D eigenvalue weighted by Gasteiger charge is 2.24. The summed E-state index contributed by atoms with van der Waals surface area (Å²) in [5, 5.41) is 7.96. The van der Waals surface area contributed by atoms with E-state index in [0.717, 1.165) is 0 Å². The van der Waals surface area contributed by atoms with Crippen LogP contribution in [0.1, 0.15) is 0 Å². The molecule has 1 fully saturated rings. The third kappa shape index (κ3) is 1.94. The van der Waals surface area contributed by atoms with Gasteiger partial charge in [0.15, 0.2) is 0 Å². The fourth-order valence-corrected chi connectivity index (χ4v) is 0.843. The molecule has 1 saturated heterocycles. The molecule has 0 aromatic carbocycles. The highest BCUT2D eigenvalue weighted by atomic mass is 16.2. The van der Waals surface area contributed by atoms with Crippen LogP contribution in [0.2, 0.25) is 0 Å². The van der Waals surface area contributed by atoms with Gasteiger partial charge in [0.1, 0.15) is 0 Å². The van der Waals surface area contributed by atoms with Crippen molar-refractivity contribution >= 4 is 11.8 Å². The first kappa shape index (κ1) is 8.51. The van der Waals surface area contributed by atoms with Gasteiger partial charge in [0.05, 0.1) is 19.1 Å². The van der Waals surface area contributed by atoms with E-state index in [-0.39, 0.29) is 19.0 Å². The smallest absolute Gasteiger partial charge is 0.243 e. The second kappa shape index (κ2) is 3.70. The van der Waals surface area contributed by atoms with Crippen LogP contribution in [-0.4, -0.2) is 30.9 Å². The van der Waals surface area contributed by atoms with Crippen molar-refractivity contribution in [3.05, 3.63) is 10.4 Å². The van der Waals surface area contributed by atoms with Crippen LogP contribution in [0.3, 0.4) is 0 Å². The van der Waals surface area contributed by atoms with Crippen molar-refractivity contribution in [1.82, 2.24) is 10.6 Å². The molecule has 0 aliphatic carbocycles. The molecule has 0 aromatic rings. The molecule has 1 aliphatic rings. The highest BCUT2D eigenvalue weighted by Crippen LogP contribution is 1.91. The molecule has 0 aromatic heterocycles. The number of nitrogens with zero attached hydrogens (tertiary/aromatic N) is 3. The maximum absolute atomic E-state index is 10.9. The summed E-state index contributed by atoms with van der Waals surface area (Å²) in [7, 11) is 0. The maximum atomic E-state index is 10.9. The standard InChI is InChI=1S/C5H7N5O2/c6-10-8-1-3-5(12)9-4(11)2-7-3/h3,7H,1-2H2,(H,9,11,12). The van der Waals surface area contributed by atoms with E-state index in [2.05, 4.69) is 20.7 Å². The second-order valence-electron chi connectivity index (χ2n) is 2.26. The maximum Gasteiger partial charge on any atom is 0.243 e. The third-order valence-corrected chi connectivity index (χ3v) is 1.42. The lowest BCUT2D eigenvalue weighted by Gasteiger charge is -2.20. The molecule has 1 unspecified atom stereocenters. The van der Waals surface area contributed by atoms with Crippen molar-refractivity contribution in [3.8, 4) is 0 Å². The zero-order chi connectivity index (χ0) is 8.97. The Kier molecular flexibility index (Phi) is 2.62. The predicted octanol–water partition coefficient (Wildman–Crippen LogP) is -1.09. The number of amides is 2. The van der Waals surface area contributed by atoms with E-state index >= 15 is 0 Å². The molecule has 2 N–H and O–H groups in total. The molecule has 1 rings (SSSR count). The molecule has 0 radical (unpaired) electrons. The van der Waals surface area contributed by atoms with Gasteiger partial charge in [0.25, 0.3) is 0 Å². The number of rotatable bonds is 2. The predicted molar refractivity (Wildman–Crippen MR) is 39.0 cm³/mol. The molecule has 1 aliphatic heterocycles. The lowest BCUT2D eigenvalue weighted by atomic mass is 10.2. The van der Waals surface area contributed by atoms with Crippen LogP contribution in [0.5, 0.6) is 0 Å². The van der Waals surface area contributed by atoms with Crippen LogP contribution in [0.4, 0.5) is 0 Å². The van der Waals surface area contributed by atoms with Gasteiger partial charge in [-0.2, -0.15) is 0 Å². The largest absolute Gasteiger partial charge is 0.297 e. The monoisotopic (exact) mass is 169 g/mol. The molecule has 1 heterocycles. The van der Waals surface area contributed by atoms with Crippen molar-refractivity contribution in [1.29, 1.82) is 0 Å². The summed E-state index contributed by atoms with van der Waals surface area (Å²) >= 11 is 0. The topological polar surface area (TPSA) is 107 Å². The summed E-state index contributed by atoms with van der Waals surface area (Å²) in [6.45, 7) is 0.104. The zero-order valence-electron chi connectivity index (χ0n) is 6.15. The highest BCUT2D eigenvalue weighted by molar-refractivity contribution is 6.01. The van der Waals surface area contributed by atoms with E-state index < -0.39 is 11.9 Å². The minimum absolute atomic E-state index is 0.0234. The number of azide groups is 1. The molecule has 7 heteroatoms. The molecule has 7 nitrogen and oxygen atoms in total. The van der Waals surface area contributed by atoms with Gasteiger partial charge in [-0.1, -0.05) is 5.11 Å². The molecule has 1 atom stereocenters. The Balaban J connectivity index is 2.50. The quantitative estimate of drug-likeness (QED) is 0.237. The van der Waals surface area contributed by atoms with Gasteiger partial charge in [-0.05, 0) is 5.53 Å². The molecule has 12 heavy (non-hydrogen) atoms. The number of piperazine rings is 1. The van der Waals surface area contributed by atoms with Gasteiger partial charge in [0.2, 0.25) is 11.8 Å². The first-order chi connectivity index (χ1) is 5.74. The zero-order valence-corrected chi connectivity index (χ0v) is 6.15. The number of hydrogen-bond acceptors (Lipinski definition) is 4. The van der Waals surface area contributed by atoms with Gasteiger partial charge < -0.3 is 0 Å². The van der Waals surface area contributed by atoms with E-state index in [1.165, 1.54) is 0 Å². The van der Waals surface area contributed by atoms with Crippen LogP contribution in [0.25, 0.3) is 10.4 Å². The number of imide groups is 1. The van der Waals surface area contributed by atoms with Gasteiger partial charge in [-0.3, -0.25) is 20.2 Å². The van der Waals surface area contributed by atoms with Gasteiger partial charge in [0, 0.05) is 4.91 Å². The fourth-order valence-electron chi connectivity index (χ4n) is 0.843. The summed E-state index contributed by atoms with van der Waals surface area (Å²) in [5.41, 5.74) is 7.97. The van der Waals surface area contributed by atoms with Crippen LogP contribution in [0, 0.1) is 0 Å². The lowest BCUT2D eigenvalue weighted by molar-refractivity contribution is -0.133. The fraction of sp³-hybridized carbons (Fsp3) is 0.600. The average molecular weight is 169 g/mol. The van der Waals surface area contributed by atoms with E-state index in [1.54, 1.807) is 0 Å². The molecule has 0 spiro atoms. The second-order valence-corrected chi connectivity index (χ2v) is 2.26. The van der Waals surface area contributed by atoms with Gasteiger partial charge in [-0.25, -0.2) is 0 Å². The first-order valence-electron chi connectivity index (χ1n) is 3.32. The van der Waals surface area contributed by atoms with Gasteiger partial charge >= 0.3 is 0 Å². The minimum atomic E-state index is -0.585. The first-order valence-corrected chi connectivity index (χ1v) is 3.32. The molecule has 0 saturated carbocycles. The van der Waals surface area contributed by atoms with Crippen LogP contribution >= 0.6 is 0 Å². The average Bonchev–Trinajstić information content (AvgIpc) is 2.03. The Labute approximate surface area is 67.7 Å².